The number of carbonyl (C=O) groups is 1. The van der Waals surface area contributed by atoms with Crippen LogP contribution in [0.15, 0.2) is 21.5 Å². The number of unbranched alkanes of at least 4 members (excludes halogenated alkanes) is 1. The van der Waals surface area contributed by atoms with E-state index < -0.39 is 5.91 Å². The van der Waals surface area contributed by atoms with Gasteiger partial charge in [-0.05, 0) is 44.9 Å². The number of rotatable bonds is 8. The van der Waals surface area contributed by atoms with E-state index >= 15 is 0 Å². The number of hydrogen-bond donors (Lipinski definition) is 3. The SMILES string of the molecule is CCCCN1CCC(NC(=NCc2ccc(C(N)=O)o2)NCC)CC1. The van der Waals surface area contributed by atoms with E-state index in [0.29, 0.717) is 18.3 Å². The number of nitrogens with zero attached hydrogens (tertiary/aromatic N) is 2. The molecule has 7 heteroatoms. The first kappa shape index (κ1) is 19.3. The number of likely N-dealkylation sites (tertiary alicyclic amines) is 1. The molecule has 1 aromatic heterocycles. The fraction of sp³-hybridized carbons (Fsp3) is 0.667. The molecule has 0 atom stereocenters. The number of amides is 1. The number of piperidine rings is 1. The molecular formula is C18H31N5O2. The van der Waals surface area contributed by atoms with E-state index in [0.717, 1.165) is 38.4 Å². The molecule has 25 heavy (non-hydrogen) atoms. The maximum Gasteiger partial charge on any atom is 0.284 e. The molecule has 1 fully saturated rings. The number of nitrogens with one attached hydrogen (secondary N) is 2. The average Bonchev–Trinajstić information content (AvgIpc) is 3.08. The van der Waals surface area contributed by atoms with Crippen LogP contribution in [0.4, 0.5) is 0 Å². The molecule has 1 amide bonds. The van der Waals surface area contributed by atoms with Crippen molar-refractivity contribution < 1.29 is 9.21 Å². The molecule has 0 aromatic carbocycles. The minimum absolute atomic E-state index is 0.169. The van der Waals surface area contributed by atoms with Gasteiger partial charge in [-0.15, -0.1) is 0 Å². The highest BCUT2D eigenvalue weighted by atomic mass is 16.3. The van der Waals surface area contributed by atoms with Gasteiger partial charge in [0, 0.05) is 25.7 Å². The Balaban J connectivity index is 1.84. The lowest BCUT2D eigenvalue weighted by atomic mass is 10.0. The van der Waals surface area contributed by atoms with Crippen LogP contribution in [0.2, 0.25) is 0 Å². The lowest BCUT2D eigenvalue weighted by Crippen LogP contribution is -2.48. The van der Waals surface area contributed by atoms with Gasteiger partial charge < -0.3 is 25.7 Å². The molecule has 0 bridgehead atoms. The third-order valence-electron chi connectivity index (χ3n) is 4.40. The van der Waals surface area contributed by atoms with Crippen molar-refractivity contribution in [3.05, 3.63) is 23.7 Å². The van der Waals surface area contributed by atoms with Crippen molar-refractivity contribution in [1.82, 2.24) is 15.5 Å². The molecule has 1 aliphatic heterocycles. The Morgan fingerprint density at radius 2 is 2.12 bits per heavy atom. The lowest BCUT2D eigenvalue weighted by Gasteiger charge is -2.33. The van der Waals surface area contributed by atoms with Gasteiger partial charge in [-0.25, -0.2) is 4.99 Å². The third-order valence-corrected chi connectivity index (χ3v) is 4.40. The maximum atomic E-state index is 11.1. The summed E-state index contributed by atoms with van der Waals surface area (Å²) in [5.74, 6) is 1.02. The van der Waals surface area contributed by atoms with Crippen LogP contribution in [0.3, 0.4) is 0 Å². The van der Waals surface area contributed by atoms with E-state index in [1.165, 1.54) is 19.4 Å². The highest BCUT2D eigenvalue weighted by Gasteiger charge is 2.19. The van der Waals surface area contributed by atoms with Gasteiger partial charge in [-0.3, -0.25) is 4.79 Å². The Morgan fingerprint density at radius 3 is 2.72 bits per heavy atom. The first-order valence-electron chi connectivity index (χ1n) is 9.28. The molecule has 1 aromatic rings. The number of guanidine groups is 1. The smallest absolute Gasteiger partial charge is 0.284 e. The molecule has 2 rings (SSSR count). The van der Waals surface area contributed by atoms with E-state index in [1.54, 1.807) is 12.1 Å². The van der Waals surface area contributed by atoms with Crippen molar-refractivity contribution in [3.8, 4) is 0 Å². The maximum absolute atomic E-state index is 11.1. The second-order valence-corrected chi connectivity index (χ2v) is 6.44. The van der Waals surface area contributed by atoms with Gasteiger partial charge in [0.15, 0.2) is 11.7 Å². The minimum atomic E-state index is -0.560. The van der Waals surface area contributed by atoms with Gasteiger partial charge in [0.05, 0.1) is 0 Å². The van der Waals surface area contributed by atoms with E-state index in [-0.39, 0.29) is 5.76 Å². The zero-order valence-corrected chi connectivity index (χ0v) is 15.4. The molecule has 0 spiro atoms. The number of nitrogens with two attached hydrogens (primary N) is 1. The molecule has 0 aliphatic carbocycles. The van der Waals surface area contributed by atoms with E-state index in [9.17, 15) is 4.79 Å². The highest BCUT2D eigenvalue weighted by Crippen LogP contribution is 2.12. The first-order chi connectivity index (χ1) is 12.1. The van der Waals surface area contributed by atoms with Crippen LogP contribution in [-0.2, 0) is 6.54 Å². The predicted molar refractivity (Wildman–Crippen MR) is 99.5 cm³/mol. The quantitative estimate of drug-likeness (QED) is 0.490. The van der Waals surface area contributed by atoms with Crippen LogP contribution in [0, 0.1) is 0 Å². The van der Waals surface area contributed by atoms with Crippen LogP contribution in [-0.4, -0.2) is 49.0 Å². The Morgan fingerprint density at radius 1 is 1.36 bits per heavy atom. The number of furan rings is 1. The summed E-state index contributed by atoms with van der Waals surface area (Å²) in [7, 11) is 0. The van der Waals surface area contributed by atoms with Gasteiger partial charge in [-0.2, -0.15) is 0 Å². The summed E-state index contributed by atoms with van der Waals surface area (Å²) in [4.78, 5) is 18.2. The minimum Gasteiger partial charge on any atom is -0.454 e. The third kappa shape index (κ3) is 6.42. The fourth-order valence-electron chi connectivity index (χ4n) is 2.95. The van der Waals surface area contributed by atoms with Gasteiger partial charge in [-0.1, -0.05) is 13.3 Å². The highest BCUT2D eigenvalue weighted by molar-refractivity contribution is 5.89. The Hall–Kier alpha value is -2.02. The largest absolute Gasteiger partial charge is 0.454 e. The zero-order valence-electron chi connectivity index (χ0n) is 15.4. The van der Waals surface area contributed by atoms with E-state index in [1.807, 2.05) is 6.92 Å². The lowest BCUT2D eigenvalue weighted by molar-refractivity contribution is 0.0972. The number of aliphatic imine (C=N–C) groups is 1. The molecule has 4 N–H and O–H groups in total. The first-order valence-corrected chi connectivity index (χ1v) is 9.28. The van der Waals surface area contributed by atoms with E-state index in [2.05, 4.69) is 27.4 Å². The Labute approximate surface area is 150 Å². The summed E-state index contributed by atoms with van der Waals surface area (Å²) in [6.45, 7) is 8.93. The van der Waals surface area contributed by atoms with Gasteiger partial charge in [0.25, 0.3) is 5.91 Å². The van der Waals surface area contributed by atoms with Crippen molar-refractivity contribution in [3.63, 3.8) is 0 Å². The van der Waals surface area contributed by atoms with Crippen LogP contribution in [0.1, 0.15) is 55.8 Å². The molecular weight excluding hydrogens is 318 g/mol. The van der Waals surface area contributed by atoms with Crippen LogP contribution >= 0.6 is 0 Å². The molecule has 140 valence electrons. The summed E-state index contributed by atoms with van der Waals surface area (Å²) in [5, 5.41) is 6.78. The van der Waals surface area contributed by atoms with Gasteiger partial charge in [0.1, 0.15) is 12.3 Å². The van der Waals surface area contributed by atoms with Gasteiger partial charge in [0.2, 0.25) is 0 Å². The molecule has 1 saturated heterocycles. The molecule has 0 saturated carbocycles. The van der Waals surface area contributed by atoms with Crippen molar-refractivity contribution in [2.45, 2.75) is 52.1 Å². The number of primary amides is 1. The summed E-state index contributed by atoms with van der Waals surface area (Å²) in [6, 6.07) is 3.76. The summed E-state index contributed by atoms with van der Waals surface area (Å²) in [5.41, 5.74) is 5.20. The second kappa shape index (κ2) is 10.1. The number of hydrogen-bond acceptors (Lipinski definition) is 4. The summed E-state index contributed by atoms with van der Waals surface area (Å²) >= 11 is 0. The molecule has 1 aliphatic rings. The Bertz CT molecular complexity index is 562. The standard InChI is InChI=1S/C18H31N5O2/c1-3-5-10-23-11-8-14(9-12-23)22-18(20-4-2)21-13-15-6-7-16(25-15)17(19)24/h6-7,14H,3-5,8-13H2,1-2H3,(H2,19,24)(H2,20,21,22). The van der Waals surface area contributed by atoms with Crippen LogP contribution in [0.5, 0.6) is 0 Å². The Kier molecular flexibility index (Phi) is 7.78. The normalized spacial score (nSPS) is 16.8. The number of carbonyl (C=O) groups excluding carboxylic acids is 1. The monoisotopic (exact) mass is 349 g/mol. The average molecular weight is 349 g/mol. The van der Waals surface area contributed by atoms with Crippen molar-refractivity contribution in [2.24, 2.45) is 10.7 Å². The van der Waals surface area contributed by atoms with E-state index in [4.69, 9.17) is 10.2 Å². The second-order valence-electron chi connectivity index (χ2n) is 6.44. The fourth-order valence-corrected chi connectivity index (χ4v) is 2.95. The summed E-state index contributed by atoms with van der Waals surface area (Å²) in [6.07, 6.45) is 4.78. The molecule has 0 unspecified atom stereocenters. The van der Waals surface area contributed by atoms with Crippen molar-refractivity contribution in [2.75, 3.05) is 26.2 Å². The predicted octanol–water partition coefficient (Wildman–Crippen LogP) is 1.70. The van der Waals surface area contributed by atoms with Crippen LogP contribution in [0.25, 0.3) is 0 Å². The van der Waals surface area contributed by atoms with Gasteiger partial charge >= 0.3 is 0 Å². The van der Waals surface area contributed by atoms with Crippen LogP contribution < -0.4 is 16.4 Å². The zero-order chi connectivity index (χ0) is 18.1. The van der Waals surface area contributed by atoms with Crippen molar-refractivity contribution in [1.29, 1.82) is 0 Å². The molecule has 7 nitrogen and oxygen atoms in total. The van der Waals surface area contributed by atoms with Crippen molar-refractivity contribution >= 4 is 11.9 Å². The summed E-state index contributed by atoms with van der Waals surface area (Å²) < 4.78 is 5.37. The topological polar surface area (TPSA) is 95.9 Å². The molecule has 0 radical (unpaired) electrons. The molecule has 2 heterocycles.